The molecule has 0 bridgehead atoms. The lowest BCUT2D eigenvalue weighted by Gasteiger charge is -2.30. The topological polar surface area (TPSA) is 79.8 Å². The van der Waals surface area contributed by atoms with Gasteiger partial charge in [-0.3, -0.25) is 9.59 Å². The van der Waals surface area contributed by atoms with Crippen LogP contribution in [0.2, 0.25) is 0 Å². The first-order valence-corrected chi connectivity index (χ1v) is 11.2. The van der Waals surface area contributed by atoms with Crippen LogP contribution in [0.1, 0.15) is 59.0 Å². The Hall–Kier alpha value is -2.63. The van der Waals surface area contributed by atoms with E-state index in [0.717, 1.165) is 0 Å². The van der Waals surface area contributed by atoms with Crippen LogP contribution in [-0.4, -0.2) is 29.7 Å². The van der Waals surface area contributed by atoms with E-state index < -0.39 is 24.1 Å². The van der Waals surface area contributed by atoms with Gasteiger partial charge in [-0.25, -0.2) is 0 Å². The number of rotatable bonds is 5. The van der Waals surface area contributed by atoms with Crippen molar-refractivity contribution in [2.24, 2.45) is 5.16 Å². The lowest BCUT2D eigenvalue weighted by molar-refractivity contribution is -0.275. The van der Waals surface area contributed by atoms with Gasteiger partial charge in [-0.1, -0.05) is 17.3 Å². The van der Waals surface area contributed by atoms with E-state index in [1.807, 2.05) is 36.4 Å². The minimum absolute atomic E-state index is 0.0997. The Labute approximate surface area is 203 Å². The van der Waals surface area contributed by atoms with Gasteiger partial charge in [0.2, 0.25) is 0 Å². The predicted octanol–water partition coefficient (Wildman–Crippen LogP) is 5.54. The van der Waals surface area contributed by atoms with Gasteiger partial charge in [-0.2, -0.15) is 13.2 Å². The molecule has 0 spiro atoms. The highest BCUT2D eigenvalue weighted by Gasteiger charge is 2.61. The van der Waals surface area contributed by atoms with Crippen molar-refractivity contribution in [1.82, 2.24) is 5.32 Å². The fourth-order valence-electron chi connectivity index (χ4n) is 3.57. The number of nitrogens with zero attached hydrogens (tertiary/aromatic N) is 1. The number of carbonyl (C=O) groups excluding carboxylic acids is 2. The van der Waals surface area contributed by atoms with Crippen LogP contribution in [-0.2, 0) is 10.4 Å². The summed E-state index contributed by atoms with van der Waals surface area (Å²) >= 11 is 1.98. The maximum absolute atomic E-state index is 13.9. The smallest absolute Gasteiger partial charge is 0.374 e. The second-order valence-electron chi connectivity index (χ2n) is 8.19. The maximum atomic E-state index is 13.9. The number of nitrogens with one attached hydrogen (secondary N) is 2. The quantitative estimate of drug-likeness (QED) is 0.461. The fourth-order valence-corrected chi connectivity index (χ4v) is 4.32. The van der Waals surface area contributed by atoms with Gasteiger partial charge in [0.1, 0.15) is 0 Å². The molecule has 1 heterocycles. The van der Waals surface area contributed by atoms with Crippen molar-refractivity contribution in [1.29, 1.82) is 0 Å². The third-order valence-electron chi connectivity index (χ3n) is 5.17. The van der Waals surface area contributed by atoms with Crippen molar-refractivity contribution in [3.05, 3.63) is 62.2 Å². The highest BCUT2D eigenvalue weighted by molar-refractivity contribution is 14.1. The van der Waals surface area contributed by atoms with E-state index in [0.29, 0.717) is 14.8 Å². The lowest BCUT2D eigenvalue weighted by Crippen LogP contribution is -2.42. The summed E-state index contributed by atoms with van der Waals surface area (Å²) in [5, 5.41) is 9.00. The van der Waals surface area contributed by atoms with Crippen LogP contribution >= 0.6 is 22.6 Å². The SMILES string of the molecule is CC1=NOC(c2ccc(NC(=O)c3cccc(I)c3C(=O)NC(C)C)c(C)c2)(C(F)(F)F)C1. The number of hydrogen-bond acceptors (Lipinski definition) is 4. The Morgan fingerprint density at radius 2 is 1.85 bits per heavy atom. The average Bonchev–Trinajstić information content (AvgIpc) is 3.11. The highest BCUT2D eigenvalue weighted by atomic mass is 127. The zero-order chi connectivity index (χ0) is 24.6. The molecule has 10 heteroatoms. The summed E-state index contributed by atoms with van der Waals surface area (Å²) in [7, 11) is 0. The molecule has 0 saturated carbocycles. The summed E-state index contributed by atoms with van der Waals surface area (Å²) in [5.74, 6) is -0.923. The first kappa shape index (κ1) is 25.0. The van der Waals surface area contributed by atoms with Gasteiger partial charge in [0, 0.05) is 27.3 Å². The third kappa shape index (κ3) is 4.99. The van der Waals surface area contributed by atoms with E-state index in [1.165, 1.54) is 31.2 Å². The van der Waals surface area contributed by atoms with E-state index in [9.17, 15) is 22.8 Å². The summed E-state index contributed by atoms with van der Waals surface area (Å²) in [6, 6.07) is 8.78. The van der Waals surface area contributed by atoms with Crippen LogP contribution in [0, 0.1) is 10.5 Å². The standard InChI is InChI=1S/C23H23F3IN3O3/c1-12(2)28-21(32)19-16(6-5-7-17(19)27)20(31)29-18-9-8-15(10-13(18)3)22(23(24,25)26)11-14(4)30-33-22/h5-10,12H,11H2,1-4H3,(H,28,32)(H,29,31). The van der Waals surface area contributed by atoms with E-state index in [2.05, 4.69) is 15.8 Å². The molecule has 2 N–H and O–H groups in total. The number of aryl methyl sites for hydroxylation is 1. The van der Waals surface area contributed by atoms with E-state index in [4.69, 9.17) is 4.84 Å². The Balaban J connectivity index is 1.91. The predicted molar refractivity (Wildman–Crippen MR) is 127 cm³/mol. The Bertz CT molecular complexity index is 1130. The number of oxime groups is 1. The molecule has 0 aromatic heterocycles. The highest BCUT2D eigenvalue weighted by Crippen LogP contribution is 2.48. The zero-order valence-electron chi connectivity index (χ0n) is 18.4. The Morgan fingerprint density at radius 1 is 1.15 bits per heavy atom. The summed E-state index contributed by atoms with van der Waals surface area (Å²) < 4.78 is 42.2. The normalized spacial score (nSPS) is 18.0. The van der Waals surface area contributed by atoms with Crippen LogP contribution in [0.5, 0.6) is 0 Å². The largest absolute Gasteiger partial charge is 0.435 e. The van der Waals surface area contributed by atoms with Crippen molar-refractivity contribution < 1.29 is 27.6 Å². The molecule has 1 unspecified atom stereocenters. The number of benzene rings is 2. The lowest BCUT2D eigenvalue weighted by atomic mass is 9.87. The molecule has 1 aliphatic rings. The summed E-state index contributed by atoms with van der Waals surface area (Å²) in [5.41, 5.74) is -1.27. The molecule has 2 aromatic rings. The molecular weight excluding hydrogens is 550 g/mol. The van der Waals surface area contributed by atoms with Crippen LogP contribution in [0.15, 0.2) is 41.6 Å². The minimum Gasteiger partial charge on any atom is -0.374 e. The third-order valence-corrected chi connectivity index (χ3v) is 6.06. The van der Waals surface area contributed by atoms with Gasteiger partial charge in [0.15, 0.2) is 0 Å². The molecule has 3 rings (SSSR count). The molecule has 2 aromatic carbocycles. The molecule has 176 valence electrons. The van der Waals surface area contributed by atoms with Crippen LogP contribution in [0.3, 0.4) is 0 Å². The first-order valence-electron chi connectivity index (χ1n) is 10.2. The molecule has 2 amide bonds. The summed E-state index contributed by atoms with van der Waals surface area (Å²) in [4.78, 5) is 30.5. The van der Waals surface area contributed by atoms with Crippen LogP contribution in [0.25, 0.3) is 0 Å². The fraction of sp³-hybridized carbons (Fsp3) is 0.348. The van der Waals surface area contributed by atoms with Crippen molar-refractivity contribution in [2.75, 3.05) is 5.32 Å². The zero-order valence-corrected chi connectivity index (χ0v) is 20.6. The van der Waals surface area contributed by atoms with Crippen LogP contribution < -0.4 is 10.6 Å². The number of carbonyl (C=O) groups is 2. The second kappa shape index (κ2) is 9.32. The van der Waals surface area contributed by atoms with Crippen LogP contribution in [0.4, 0.5) is 18.9 Å². The average molecular weight is 573 g/mol. The molecule has 33 heavy (non-hydrogen) atoms. The van der Waals surface area contributed by atoms with Gasteiger partial charge < -0.3 is 15.5 Å². The number of amides is 2. The summed E-state index contributed by atoms with van der Waals surface area (Å²) in [6.45, 7) is 6.69. The van der Waals surface area contributed by atoms with Gasteiger partial charge >= 0.3 is 6.18 Å². The second-order valence-corrected chi connectivity index (χ2v) is 9.36. The van der Waals surface area contributed by atoms with Gasteiger partial charge in [0.25, 0.3) is 17.4 Å². The molecule has 0 aliphatic carbocycles. The Morgan fingerprint density at radius 3 is 2.39 bits per heavy atom. The number of alkyl halides is 3. The Kier molecular flexibility index (Phi) is 7.06. The molecule has 0 radical (unpaired) electrons. The van der Waals surface area contributed by atoms with Crippen molar-refractivity contribution in [3.8, 4) is 0 Å². The molecule has 6 nitrogen and oxygen atoms in total. The van der Waals surface area contributed by atoms with Crippen molar-refractivity contribution in [2.45, 2.75) is 51.9 Å². The molecule has 1 atom stereocenters. The molecular formula is C23H23F3IN3O3. The first-order chi connectivity index (χ1) is 15.4. The number of hydrogen-bond donors (Lipinski definition) is 2. The number of halogens is 4. The molecule has 0 saturated heterocycles. The van der Waals surface area contributed by atoms with Gasteiger partial charge in [0.05, 0.1) is 16.8 Å². The van der Waals surface area contributed by atoms with E-state index in [1.54, 1.807) is 19.1 Å². The monoisotopic (exact) mass is 573 g/mol. The van der Waals surface area contributed by atoms with Gasteiger partial charge in [-0.05, 0) is 80.1 Å². The molecule has 0 fully saturated rings. The number of anilines is 1. The maximum Gasteiger partial charge on any atom is 0.435 e. The summed E-state index contributed by atoms with van der Waals surface area (Å²) in [6.07, 6.45) is -5.08. The van der Waals surface area contributed by atoms with Crippen molar-refractivity contribution in [3.63, 3.8) is 0 Å². The van der Waals surface area contributed by atoms with Gasteiger partial charge in [-0.15, -0.1) is 0 Å². The molecule has 1 aliphatic heterocycles. The van der Waals surface area contributed by atoms with E-state index in [-0.39, 0.29) is 34.4 Å². The van der Waals surface area contributed by atoms with Crippen molar-refractivity contribution >= 4 is 45.8 Å². The van der Waals surface area contributed by atoms with E-state index >= 15 is 0 Å². The minimum atomic E-state index is -4.68.